The molecule has 1 aliphatic carbocycles. The van der Waals surface area contributed by atoms with Crippen molar-refractivity contribution in [3.63, 3.8) is 0 Å². The molecule has 1 fully saturated rings. The second-order valence-electron chi connectivity index (χ2n) is 2.80. The first kappa shape index (κ1) is 9.16. The largest absolute Gasteiger partial charge is 0.463 e. The van der Waals surface area contributed by atoms with Gasteiger partial charge in [0.2, 0.25) is 0 Å². The highest BCUT2D eigenvalue weighted by molar-refractivity contribution is 6.08. The predicted molar refractivity (Wildman–Crippen MR) is 39.3 cm³/mol. The van der Waals surface area contributed by atoms with Gasteiger partial charge in [-0.15, -0.1) is 0 Å². The van der Waals surface area contributed by atoms with Crippen LogP contribution in [-0.4, -0.2) is 24.0 Å². The number of carbonyl (C=O) groups is 2. The van der Waals surface area contributed by atoms with Gasteiger partial charge in [-0.1, -0.05) is 0 Å². The van der Waals surface area contributed by atoms with Crippen molar-refractivity contribution in [1.82, 2.24) is 0 Å². The summed E-state index contributed by atoms with van der Waals surface area (Å²) in [5, 5.41) is 0. The van der Waals surface area contributed by atoms with Crippen molar-refractivity contribution in [2.24, 2.45) is 0 Å². The van der Waals surface area contributed by atoms with Gasteiger partial charge >= 0.3 is 5.97 Å². The van der Waals surface area contributed by atoms with Gasteiger partial charge in [0.15, 0.2) is 5.78 Å². The van der Waals surface area contributed by atoms with E-state index in [4.69, 9.17) is 0 Å². The molecule has 0 radical (unpaired) electrons. The predicted octanol–water partition coefficient (Wildman–Crippen LogP) is 1.01. The topological polar surface area (TPSA) is 43.4 Å². The molecule has 12 heavy (non-hydrogen) atoms. The summed E-state index contributed by atoms with van der Waals surface area (Å²) in [5.41, 5.74) is -2.34. The second kappa shape index (κ2) is 3.21. The average Bonchev–Trinajstić information content (AvgIpc) is 2.34. The van der Waals surface area contributed by atoms with E-state index in [9.17, 15) is 14.0 Å². The fraction of sp³-hybridized carbons (Fsp3) is 0.750. The summed E-state index contributed by atoms with van der Waals surface area (Å²) in [6, 6.07) is 0. The highest BCUT2D eigenvalue weighted by Crippen LogP contribution is 2.31. The van der Waals surface area contributed by atoms with Crippen LogP contribution in [0.4, 0.5) is 4.39 Å². The minimum Gasteiger partial charge on any atom is -0.463 e. The zero-order valence-corrected chi connectivity index (χ0v) is 6.93. The fourth-order valence-electron chi connectivity index (χ4n) is 1.29. The van der Waals surface area contributed by atoms with Gasteiger partial charge in [-0.25, -0.2) is 9.18 Å². The first-order valence-corrected chi connectivity index (χ1v) is 4.00. The van der Waals surface area contributed by atoms with E-state index in [-0.39, 0.29) is 19.4 Å². The molecule has 1 unspecified atom stereocenters. The molecule has 1 aliphatic rings. The Kier molecular flexibility index (Phi) is 2.45. The van der Waals surface area contributed by atoms with Crippen LogP contribution in [0.3, 0.4) is 0 Å². The molecular formula is C8H11FO3. The number of halogens is 1. The van der Waals surface area contributed by atoms with Crippen LogP contribution >= 0.6 is 0 Å². The number of esters is 1. The Morgan fingerprint density at radius 3 is 2.83 bits per heavy atom. The number of hydrogen-bond donors (Lipinski definition) is 0. The lowest BCUT2D eigenvalue weighted by molar-refractivity contribution is -0.160. The molecule has 4 heteroatoms. The van der Waals surface area contributed by atoms with Gasteiger partial charge in [-0.3, -0.25) is 4.79 Å². The van der Waals surface area contributed by atoms with Crippen molar-refractivity contribution >= 4 is 11.8 Å². The van der Waals surface area contributed by atoms with Crippen LogP contribution in [0.1, 0.15) is 26.2 Å². The van der Waals surface area contributed by atoms with Crippen molar-refractivity contribution in [2.75, 3.05) is 6.61 Å². The number of ether oxygens (including phenoxy) is 1. The van der Waals surface area contributed by atoms with E-state index >= 15 is 0 Å². The summed E-state index contributed by atoms with van der Waals surface area (Å²) in [5.74, 6) is -1.66. The smallest absolute Gasteiger partial charge is 0.351 e. The van der Waals surface area contributed by atoms with Gasteiger partial charge < -0.3 is 4.74 Å². The second-order valence-corrected chi connectivity index (χ2v) is 2.80. The maximum absolute atomic E-state index is 13.5. The van der Waals surface area contributed by atoms with E-state index in [0.717, 1.165) is 0 Å². The van der Waals surface area contributed by atoms with E-state index in [2.05, 4.69) is 4.74 Å². The van der Waals surface area contributed by atoms with Crippen molar-refractivity contribution < 1.29 is 18.7 Å². The lowest BCUT2D eigenvalue weighted by Crippen LogP contribution is -2.39. The molecule has 0 aromatic rings. The number of alkyl halides is 1. The Balaban J connectivity index is 2.70. The third-order valence-corrected chi connectivity index (χ3v) is 1.97. The first-order valence-electron chi connectivity index (χ1n) is 4.00. The Morgan fingerprint density at radius 1 is 1.75 bits per heavy atom. The molecule has 0 saturated heterocycles. The van der Waals surface area contributed by atoms with Gasteiger partial charge in [0.25, 0.3) is 5.67 Å². The highest BCUT2D eigenvalue weighted by atomic mass is 19.1. The van der Waals surface area contributed by atoms with Crippen LogP contribution < -0.4 is 0 Å². The van der Waals surface area contributed by atoms with Crippen LogP contribution in [0, 0.1) is 0 Å². The lowest BCUT2D eigenvalue weighted by Gasteiger charge is -2.14. The van der Waals surface area contributed by atoms with E-state index in [0.29, 0.717) is 6.42 Å². The molecule has 0 N–H and O–H groups in total. The van der Waals surface area contributed by atoms with E-state index in [1.54, 1.807) is 6.92 Å². The molecule has 0 heterocycles. The molecule has 0 bridgehead atoms. The van der Waals surface area contributed by atoms with E-state index in [1.807, 2.05) is 0 Å². The number of Topliss-reactive ketones (excluding diaryl/α,β-unsaturated/α-hetero) is 1. The number of rotatable bonds is 2. The molecular weight excluding hydrogens is 163 g/mol. The molecule has 1 saturated carbocycles. The van der Waals surface area contributed by atoms with Crippen molar-refractivity contribution in [2.45, 2.75) is 31.9 Å². The summed E-state index contributed by atoms with van der Waals surface area (Å²) in [6.07, 6.45) is 0.564. The normalized spacial score (nSPS) is 29.0. The standard InChI is InChI=1S/C8H11FO3/c1-2-12-7(11)8(9)5-3-4-6(8)10/h2-5H2,1H3. The maximum Gasteiger partial charge on any atom is 0.351 e. The first-order chi connectivity index (χ1) is 5.61. The van der Waals surface area contributed by atoms with E-state index < -0.39 is 17.4 Å². The van der Waals surface area contributed by atoms with Gasteiger partial charge in [0.05, 0.1) is 6.61 Å². The molecule has 1 atom stereocenters. The van der Waals surface area contributed by atoms with Gasteiger partial charge in [-0.2, -0.15) is 0 Å². The zero-order chi connectivity index (χ0) is 9.19. The monoisotopic (exact) mass is 174 g/mol. The van der Waals surface area contributed by atoms with Gasteiger partial charge in [0.1, 0.15) is 0 Å². The lowest BCUT2D eigenvalue weighted by atomic mass is 10.0. The zero-order valence-electron chi connectivity index (χ0n) is 6.93. The quantitative estimate of drug-likeness (QED) is 0.463. The molecule has 1 rings (SSSR count). The molecule has 3 nitrogen and oxygen atoms in total. The van der Waals surface area contributed by atoms with Crippen LogP contribution in [0.25, 0.3) is 0 Å². The van der Waals surface area contributed by atoms with Crippen LogP contribution in [0.5, 0.6) is 0 Å². The fourth-order valence-corrected chi connectivity index (χ4v) is 1.29. The maximum atomic E-state index is 13.5. The van der Waals surface area contributed by atoms with Crippen LogP contribution in [-0.2, 0) is 14.3 Å². The molecule has 0 aromatic carbocycles. The number of carbonyl (C=O) groups excluding carboxylic acids is 2. The summed E-state index contributed by atoms with van der Waals surface area (Å²) < 4.78 is 17.9. The van der Waals surface area contributed by atoms with Gasteiger partial charge in [0, 0.05) is 12.8 Å². The van der Waals surface area contributed by atoms with Crippen molar-refractivity contribution in [3.05, 3.63) is 0 Å². The minimum atomic E-state index is -2.34. The summed E-state index contributed by atoms with van der Waals surface area (Å²) in [7, 11) is 0. The molecule has 0 spiro atoms. The van der Waals surface area contributed by atoms with Crippen molar-refractivity contribution in [1.29, 1.82) is 0 Å². The SMILES string of the molecule is CCOC(=O)C1(F)CCCC1=O. The Hall–Kier alpha value is -0.930. The van der Waals surface area contributed by atoms with Crippen LogP contribution in [0.15, 0.2) is 0 Å². The Morgan fingerprint density at radius 2 is 2.42 bits per heavy atom. The average molecular weight is 174 g/mol. The molecule has 0 aliphatic heterocycles. The Bertz CT molecular complexity index is 214. The van der Waals surface area contributed by atoms with Crippen molar-refractivity contribution in [3.8, 4) is 0 Å². The number of ketones is 1. The minimum absolute atomic E-state index is 0.0231. The molecule has 0 amide bonds. The third kappa shape index (κ3) is 1.33. The third-order valence-electron chi connectivity index (χ3n) is 1.97. The van der Waals surface area contributed by atoms with Crippen LogP contribution in [0.2, 0.25) is 0 Å². The highest BCUT2D eigenvalue weighted by Gasteiger charge is 2.50. The summed E-state index contributed by atoms with van der Waals surface area (Å²) in [4.78, 5) is 21.9. The molecule has 0 aromatic heterocycles. The Labute approximate surface area is 69.9 Å². The summed E-state index contributed by atoms with van der Waals surface area (Å²) in [6.45, 7) is 1.69. The molecule has 68 valence electrons. The summed E-state index contributed by atoms with van der Waals surface area (Å²) >= 11 is 0. The number of hydrogen-bond acceptors (Lipinski definition) is 3. The van der Waals surface area contributed by atoms with E-state index in [1.165, 1.54) is 0 Å². The van der Waals surface area contributed by atoms with Gasteiger partial charge in [-0.05, 0) is 13.3 Å².